The molecule has 0 bridgehead atoms. The molecule has 1 saturated heterocycles. The van der Waals surface area contributed by atoms with E-state index in [1.165, 1.54) is 22.8 Å². The fourth-order valence-corrected chi connectivity index (χ4v) is 7.74. The van der Waals surface area contributed by atoms with E-state index in [0.29, 0.717) is 36.5 Å². The largest absolute Gasteiger partial charge is 0.348 e. The Morgan fingerprint density at radius 2 is 1.66 bits per heavy atom. The average molecular weight is 510 g/mol. The number of anilines is 1. The Balaban J connectivity index is 1.43. The smallest absolute Gasteiger partial charge is 0.185 e. The Morgan fingerprint density at radius 1 is 1.00 bits per heavy atom. The number of aromatic nitrogens is 1. The van der Waals surface area contributed by atoms with Crippen molar-refractivity contribution in [2.75, 3.05) is 18.0 Å². The van der Waals surface area contributed by atoms with E-state index in [1.54, 1.807) is 24.3 Å². The first-order valence-electron chi connectivity index (χ1n) is 10.6. The molecule has 0 unspecified atom stereocenters. The highest BCUT2D eigenvalue weighted by atomic mass is 35.5. The summed E-state index contributed by atoms with van der Waals surface area (Å²) in [5.41, 5.74) is 5.54. The van der Waals surface area contributed by atoms with Crippen LogP contribution in [0, 0.1) is 20.8 Å². The molecule has 0 aliphatic carbocycles. The summed E-state index contributed by atoms with van der Waals surface area (Å²) in [6.07, 6.45) is 1.90. The second-order valence-corrected chi connectivity index (χ2v) is 12.4. The topological polar surface area (TPSA) is 50.3 Å². The molecule has 32 heavy (non-hydrogen) atoms. The molecule has 0 spiro atoms. The molecule has 1 aliphatic heterocycles. The molecule has 0 N–H and O–H groups in total. The minimum atomic E-state index is -3.52. The molecular weight excluding hydrogens is 483 g/mol. The first-order valence-corrected chi connectivity index (χ1v) is 13.8. The molecule has 1 aliphatic rings. The van der Waals surface area contributed by atoms with Crippen molar-refractivity contribution in [1.29, 1.82) is 0 Å². The van der Waals surface area contributed by atoms with Crippen LogP contribution in [0.5, 0.6) is 0 Å². The molecule has 1 aromatic heterocycles. The van der Waals surface area contributed by atoms with Gasteiger partial charge in [0.15, 0.2) is 15.0 Å². The number of piperidine rings is 1. The monoisotopic (exact) mass is 508 g/mol. The Morgan fingerprint density at radius 3 is 2.31 bits per heavy atom. The van der Waals surface area contributed by atoms with Gasteiger partial charge in [-0.15, -0.1) is 11.3 Å². The minimum Gasteiger partial charge on any atom is -0.348 e. The molecule has 2 aromatic carbocycles. The van der Waals surface area contributed by atoms with Crippen LogP contribution >= 0.6 is 34.5 Å². The molecule has 0 amide bonds. The number of benzene rings is 2. The van der Waals surface area contributed by atoms with Gasteiger partial charge in [-0.3, -0.25) is 0 Å². The maximum absolute atomic E-state index is 13.2. The van der Waals surface area contributed by atoms with Crippen LogP contribution < -0.4 is 4.90 Å². The standard InChI is InChI=1S/C24H26Cl2N2O2S2/c1-15-8-16(2)10-18(9-15)12-19-14-31-24(27-19)28-6-4-20(5-7-28)32(29,30)23-11-17(3)21(25)13-22(23)26/h8-11,13-14,20H,4-7,12H2,1-3H3. The summed E-state index contributed by atoms with van der Waals surface area (Å²) in [7, 11) is -3.52. The predicted octanol–water partition coefficient (Wildman–Crippen LogP) is 6.41. The van der Waals surface area contributed by atoms with Crippen LogP contribution in [-0.4, -0.2) is 31.7 Å². The lowest BCUT2D eigenvalue weighted by molar-refractivity contribution is 0.529. The van der Waals surface area contributed by atoms with Crippen LogP contribution in [0.15, 0.2) is 40.6 Å². The van der Waals surface area contributed by atoms with E-state index in [9.17, 15) is 8.42 Å². The zero-order chi connectivity index (χ0) is 23.0. The first kappa shape index (κ1) is 23.6. The summed E-state index contributed by atoms with van der Waals surface area (Å²) in [4.78, 5) is 7.20. The van der Waals surface area contributed by atoms with Crippen LogP contribution in [-0.2, 0) is 16.3 Å². The number of rotatable bonds is 5. The predicted molar refractivity (Wildman–Crippen MR) is 134 cm³/mol. The van der Waals surface area contributed by atoms with Crippen LogP contribution in [0.4, 0.5) is 5.13 Å². The molecule has 8 heteroatoms. The third kappa shape index (κ3) is 4.98. The Kier molecular flexibility index (Phi) is 6.87. The molecule has 0 saturated carbocycles. The third-order valence-corrected chi connectivity index (χ3v) is 9.96. The van der Waals surface area contributed by atoms with Gasteiger partial charge < -0.3 is 4.90 Å². The van der Waals surface area contributed by atoms with E-state index >= 15 is 0 Å². The van der Waals surface area contributed by atoms with E-state index in [1.807, 2.05) is 0 Å². The van der Waals surface area contributed by atoms with Crippen molar-refractivity contribution in [3.63, 3.8) is 0 Å². The number of thiazole rings is 1. The number of hydrogen-bond donors (Lipinski definition) is 0. The second-order valence-electron chi connectivity index (χ2n) is 8.56. The quantitative estimate of drug-likeness (QED) is 0.399. The average Bonchev–Trinajstić information content (AvgIpc) is 3.18. The van der Waals surface area contributed by atoms with Gasteiger partial charge in [0.05, 0.1) is 20.9 Å². The molecule has 170 valence electrons. The molecule has 4 nitrogen and oxygen atoms in total. The van der Waals surface area contributed by atoms with Crippen molar-refractivity contribution in [2.45, 2.75) is 50.2 Å². The van der Waals surface area contributed by atoms with E-state index in [4.69, 9.17) is 28.2 Å². The van der Waals surface area contributed by atoms with Gasteiger partial charge >= 0.3 is 0 Å². The Labute approximate surface area is 204 Å². The number of halogens is 2. The SMILES string of the molecule is Cc1cc(C)cc(Cc2csc(N3CCC(S(=O)(=O)c4cc(C)c(Cl)cc4Cl)CC3)n2)c1. The maximum Gasteiger partial charge on any atom is 0.185 e. The number of hydrogen-bond acceptors (Lipinski definition) is 5. The maximum atomic E-state index is 13.2. The molecule has 0 radical (unpaired) electrons. The van der Waals surface area contributed by atoms with Gasteiger partial charge in [0, 0.05) is 29.9 Å². The normalized spacial score (nSPS) is 15.3. The van der Waals surface area contributed by atoms with Crippen molar-refractivity contribution in [1.82, 2.24) is 4.98 Å². The molecule has 2 heterocycles. The lowest BCUT2D eigenvalue weighted by Gasteiger charge is -2.31. The molecule has 3 aromatic rings. The minimum absolute atomic E-state index is 0.185. The lowest BCUT2D eigenvalue weighted by Crippen LogP contribution is -2.39. The summed E-state index contributed by atoms with van der Waals surface area (Å²) < 4.78 is 26.4. The first-order chi connectivity index (χ1) is 15.1. The van der Waals surface area contributed by atoms with E-state index in [-0.39, 0.29) is 9.92 Å². The van der Waals surface area contributed by atoms with Gasteiger partial charge in [-0.1, -0.05) is 52.5 Å². The van der Waals surface area contributed by atoms with Gasteiger partial charge in [0.2, 0.25) is 0 Å². The zero-order valence-electron chi connectivity index (χ0n) is 18.4. The molecule has 0 atom stereocenters. The van der Waals surface area contributed by atoms with Crippen molar-refractivity contribution in [3.8, 4) is 0 Å². The van der Waals surface area contributed by atoms with Crippen molar-refractivity contribution in [2.24, 2.45) is 0 Å². The highest BCUT2D eigenvalue weighted by Gasteiger charge is 2.33. The van der Waals surface area contributed by atoms with E-state index < -0.39 is 15.1 Å². The molecular formula is C24H26Cl2N2O2S2. The fourth-order valence-electron chi connectivity index (χ4n) is 4.29. The number of nitrogens with zero attached hydrogens (tertiary/aromatic N) is 2. The van der Waals surface area contributed by atoms with E-state index in [0.717, 1.165) is 17.2 Å². The summed E-state index contributed by atoms with van der Waals surface area (Å²) in [6.45, 7) is 7.33. The van der Waals surface area contributed by atoms with Crippen molar-refractivity contribution >= 4 is 49.5 Å². The van der Waals surface area contributed by atoms with Gasteiger partial charge in [-0.05, 0) is 56.9 Å². The highest BCUT2D eigenvalue weighted by Crippen LogP contribution is 2.34. The van der Waals surface area contributed by atoms with Gasteiger partial charge in [0.25, 0.3) is 0 Å². The van der Waals surface area contributed by atoms with Gasteiger partial charge in [-0.25, -0.2) is 13.4 Å². The molecule has 1 fully saturated rings. The van der Waals surface area contributed by atoms with Crippen molar-refractivity contribution < 1.29 is 8.42 Å². The van der Waals surface area contributed by atoms with Crippen molar-refractivity contribution in [3.05, 3.63) is 73.7 Å². The summed E-state index contributed by atoms with van der Waals surface area (Å²) in [5.74, 6) is 0. The highest BCUT2D eigenvalue weighted by molar-refractivity contribution is 7.92. The van der Waals surface area contributed by atoms with Gasteiger partial charge in [-0.2, -0.15) is 0 Å². The van der Waals surface area contributed by atoms with Crippen LogP contribution in [0.2, 0.25) is 10.0 Å². The molecule has 4 rings (SSSR count). The third-order valence-electron chi connectivity index (χ3n) is 5.88. The van der Waals surface area contributed by atoms with Crippen LogP contribution in [0.1, 0.15) is 40.8 Å². The number of sulfone groups is 1. The summed E-state index contributed by atoms with van der Waals surface area (Å²) in [5, 5.41) is 3.28. The van der Waals surface area contributed by atoms with Crippen LogP contribution in [0.25, 0.3) is 0 Å². The lowest BCUT2D eigenvalue weighted by atomic mass is 10.0. The van der Waals surface area contributed by atoms with Crippen LogP contribution in [0.3, 0.4) is 0 Å². The van der Waals surface area contributed by atoms with E-state index in [2.05, 4.69) is 42.3 Å². The second kappa shape index (κ2) is 9.34. The Bertz CT molecular complexity index is 1230. The Hall–Kier alpha value is -1.60. The summed E-state index contributed by atoms with van der Waals surface area (Å²) >= 11 is 13.9. The fraction of sp³-hybridized carbons (Fsp3) is 0.375. The zero-order valence-corrected chi connectivity index (χ0v) is 21.5. The van der Waals surface area contributed by atoms with Gasteiger partial charge in [0.1, 0.15) is 0 Å². The summed E-state index contributed by atoms with van der Waals surface area (Å²) in [6, 6.07) is 9.68. The number of aryl methyl sites for hydroxylation is 3.